The van der Waals surface area contributed by atoms with Gasteiger partial charge in [0.25, 0.3) is 0 Å². The van der Waals surface area contributed by atoms with E-state index < -0.39 is 0 Å². The van der Waals surface area contributed by atoms with Crippen LogP contribution in [0.4, 0.5) is 0 Å². The van der Waals surface area contributed by atoms with E-state index in [1.807, 2.05) is 0 Å². The molecule has 0 bridgehead atoms. The fourth-order valence-corrected chi connectivity index (χ4v) is 1.66. The van der Waals surface area contributed by atoms with Crippen LogP contribution in [0.1, 0.15) is 60.3 Å². The molecule has 0 heterocycles. The fraction of sp³-hybridized carbons (Fsp3) is 1.00. The molecule has 2 unspecified atom stereocenters. The van der Waals surface area contributed by atoms with E-state index in [9.17, 15) is 0 Å². The van der Waals surface area contributed by atoms with E-state index in [4.69, 9.17) is 0 Å². The van der Waals surface area contributed by atoms with E-state index in [1.54, 1.807) is 0 Å². The molecule has 0 aromatic carbocycles. The Bertz CT molecular complexity index is 110. The molecular formula is C12H27N. The van der Waals surface area contributed by atoms with E-state index in [-0.39, 0.29) is 0 Å². The van der Waals surface area contributed by atoms with Gasteiger partial charge in [-0.3, -0.25) is 0 Å². The monoisotopic (exact) mass is 185 g/mol. The standard InChI is InChI=1S/C12H27N/c1-6-7-8-9-11(4)12(5)13-10(2)3/h10-13H,6-9H2,1-5H3. The van der Waals surface area contributed by atoms with Gasteiger partial charge < -0.3 is 5.32 Å². The van der Waals surface area contributed by atoms with Crippen molar-refractivity contribution in [3.05, 3.63) is 0 Å². The number of hydrogen-bond acceptors (Lipinski definition) is 1. The molecule has 0 rings (SSSR count). The third kappa shape index (κ3) is 7.06. The number of hydrogen-bond donors (Lipinski definition) is 1. The molecule has 80 valence electrons. The van der Waals surface area contributed by atoms with Gasteiger partial charge >= 0.3 is 0 Å². The van der Waals surface area contributed by atoms with Crippen molar-refractivity contribution in [3.63, 3.8) is 0 Å². The Morgan fingerprint density at radius 1 is 1.00 bits per heavy atom. The van der Waals surface area contributed by atoms with Gasteiger partial charge in [-0.05, 0) is 19.3 Å². The second-order valence-corrected chi connectivity index (χ2v) is 4.58. The molecule has 0 aliphatic heterocycles. The summed E-state index contributed by atoms with van der Waals surface area (Å²) in [5.74, 6) is 0.814. The molecule has 0 aliphatic carbocycles. The summed E-state index contributed by atoms with van der Waals surface area (Å²) in [5.41, 5.74) is 0. The highest BCUT2D eigenvalue weighted by Crippen LogP contribution is 2.13. The second kappa shape index (κ2) is 7.37. The van der Waals surface area contributed by atoms with Gasteiger partial charge in [0.15, 0.2) is 0 Å². The molecule has 2 atom stereocenters. The highest BCUT2D eigenvalue weighted by Gasteiger charge is 2.11. The molecule has 0 saturated heterocycles. The third-order valence-electron chi connectivity index (χ3n) is 2.71. The van der Waals surface area contributed by atoms with E-state index >= 15 is 0 Å². The first-order chi connectivity index (χ1) is 6.07. The lowest BCUT2D eigenvalue weighted by molar-refractivity contribution is 0.347. The van der Waals surface area contributed by atoms with Crippen LogP contribution in [0.3, 0.4) is 0 Å². The van der Waals surface area contributed by atoms with Crippen LogP contribution in [0, 0.1) is 5.92 Å². The summed E-state index contributed by atoms with van der Waals surface area (Å²) in [4.78, 5) is 0. The summed E-state index contributed by atoms with van der Waals surface area (Å²) in [7, 11) is 0. The van der Waals surface area contributed by atoms with Crippen LogP contribution in [0.25, 0.3) is 0 Å². The largest absolute Gasteiger partial charge is 0.312 e. The zero-order valence-corrected chi connectivity index (χ0v) is 10.1. The zero-order chi connectivity index (χ0) is 10.3. The molecule has 0 saturated carbocycles. The minimum Gasteiger partial charge on any atom is -0.312 e. The normalized spacial score (nSPS) is 16.2. The maximum Gasteiger partial charge on any atom is 0.00667 e. The van der Waals surface area contributed by atoms with Crippen LogP contribution in [0.2, 0.25) is 0 Å². The lowest BCUT2D eigenvalue weighted by Crippen LogP contribution is -2.36. The summed E-state index contributed by atoms with van der Waals surface area (Å²) in [6.45, 7) is 11.4. The smallest absolute Gasteiger partial charge is 0.00667 e. The molecule has 0 aromatic heterocycles. The Morgan fingerprint density at radius 3 is 2.08 bits per heavy atom. The van der Waals surface area contributed by atoms with Crippen molar-refractivity contribution < 1.29 is 0 Å². The Balaban J connectivity index is 3.50. The van der Waals surface area contributed by atoms with Gasteiger partial charge in [0, 0.05) is 12.1 Å². The van der Waals surface area contributed by atoms with Crippen LogP contribution in [0.15, 0.2) is 0 Å². The Labute approximate surface area is 84.3 Å². The van der Waals surface area contributed by atoms with Crippen LogP contribution in [-0.2, 0) is 0 Å². The molecule has 13 heavy (non-hydrogen) atoms. The number of unbranched alkanes of at least 4 members (excludes halogenated alkanes) is 2. The van der Waals surface area contributed by atoms with Gasteiger partial charge in [-0.2, -0.15) is 0 Å². The van der Waals surface area contributed by atoms with Crippen LogP contribution in [0.5, 0.6) is 0 Å². The summed E-state index contributed by atoms with van der Waals surface area (Å²) in [6.07, 6.45) is 5.48. The molecule has 0 spiro atoms. The fourth-order valence-electron chi connectivity index (χ4n) is 1.66. The number of nitrogens with one attached hydrogen (secondary N) is 1. The molecule has 1 N–H and O–H groups in total. The van der Waals surface area contributed by atoms with Crippen LogP contribution in [-0.4, -0.2) is 12.1 Å². The first kappa shape index (κ1) is 13.0. The third-order valence-corrected chi connectivity index (χ3v) is 2.71. The highest BCUT2D eigenvalue weighted by atomic mass is 14.9. The van der Waals surface area contributed by atoms with E-state index in [0.29, 0.717) is 12.1 Å². The topological polar surface area (TPSA) is 12.0 Å². The van der Waals surface area contributed by atoms with Crippen molar-refractivity contribution in [1.29, 1.82) is 0 Å². The molecule has 0 aromatic rings. The van der Waals surface area contributed by atoms with Crippen molar-refractivity contribution in [3.8, 4) is 0 Å². The zero-order valence-electron chi connectivity index (χ0n) is 10.1. The van der Waals surface area contributed by atoms with Crippen molar-refractivity contribution in [1.82, 2.24) is 5.32 Å². The molecule has 0 radical (unpaired) electrons. The molecule has 1 nitrogen and oxygen atoms in total. The Hall–Kier alpha value is -0.0400. The quantitative estimate of drug-likeness (QED) is 0.598. The predicted octanol–water partition coefficient (Wildman–Crippen LogP) is 3.59. The predicted molar refractivity (Wildman–Crippen MR) is 61.0 cm³/mol. The minimum absolute atomic E-state index is 0.614. The highest BCUT2D eigenvalue weighted by molar-refractivity contribution is 4.70. The van der Waals surface area contributed by atoms with E-state index in [0.717, 1.165) is 5.92 Å². The minimum atomic E-state index is 0.614. The van der Waals surface area contributed by atoms with Gasteiger partial charge in [0.1, 0.15) is 0 Å². The van der Waals surface area contributed by atoms with Gasteiger partial charge in [-0.1, -0.05) is 47.0 Å². The maximum absolute atomic E-state index is 3.57. The molecule has 0 aliphatic rings. The molecule has 0 fully saturated rings. The van der Waals surface area contributed by atoms with Gasteiger partial charge in [0.05, 0.1) is 0 Å². The maximum atomic E-state index is 3.57. The Kier molecular flexibility index (Phi) is 7.35. The van der Waals surface area contributed by atoms with Gasteiger partial charge in [0.2, 0.25) is 0 Å². The van der Waals surface area contributed by atoms with Gasteiger partial charge in [-0.25, -0.2) is 0 Å². The van der Waals surface area contributed by atoms with Crippen molar-refractivity contribution >= 4 is 0 Å². The average molecular weight is 185 g/mol. The van der Waals surface area contributed by atoms with Crippen molar-refractivity contribution in [2.24, 2.45) is 5.92 Å². The SMILES string of the molecule is CCCCCC(C)C(C)NC(C)C. The summed E-state index contributed by atoms with van der Waals surface area (Å²) >= 11 is 0. The van der Waals surface area contributed by atoms with E-state index in [2.05, 4.69) is 39.9 Å². The van der Waals surface area contributed by atoms with E-state index in [1.165, 1.54) is 25.7 Å². The first-order valence-corrected chi connectivity index (χ1v) is 5.84. The summed E-state index contributed by atoms with van der Waals surface area (Å²) in [6, 6.07) is 1.28. The van der Waals surface area contributed by atoms with Crippen LogP contribution >= 0.6 is 0 Å². The van der Waals surface area contributed by atoms with Gasteiger partial charge in [-0.15, -0.1) is 0 Å². The second-order valence-electron chi connectivity index (χ2n) is 4.58. The molecular weight excluding hydrogens is 158 g/mol. The lowest BCUT2D eigenvalue weighted by Gasteiger charge is -2.23. The first-order valence-electron chi connectivity index (χ1n) is 5.84. The number of rotatable bonds is 7. The average Bonchev–Trinajstić information content (AvgIpc) is 2.03. The summed E-state index contributed by atoms with van der Waals surface area (Å²) in [5, 5.41) is 3.57. The molecule has 1 heteroatoms. The summed E-state index contributed by atoms with van der Waals surface area (Å²) < 4.78 is 0. The molecule has 0 amide bonds. The van der Waals surface area contributed by atoms with Crippen molar-refractivity contribution in [2.45, 2.75) is 72.4 Å². The van der Waals surface area contributed by atoms with Crippen molar-refractivity contribution in [2.75, 3.05) is 0 Å². The lowest BCUT2D eigenvalue weighted by atomic mass is 9.96. The Morgan fingerprint density at radius 2 is 1.62 bits per heavy atom. The van der Waals surface area contributed by atoms with Crippen LogP contribution < -0.4 is 5.32 Å².